The van der Waals surface area contributed by atoms with Crippen molar-refractivity contribution in [2.45, 2.75) is 13.3 Å². The van der Waals surface area contributed by atoms with E-state index in [4.69, 9.17) is 11.5 Å². The normalized spacial score (nSPS) is 10.6. The molecular formula is C13H17N5O2S. The number of thiophene rings is 1. The Labute approximate surface area is 126 Å². The molecule has 0 fully saturated rings. The third-order valence-electron chi connectivity index (χ3n) is 3.07. The highest BCUT2D eigenvalue weighted by molar-refractivity contribution is 7.19. The van der Waals surface area contributed by atoms with Crippen molar-refractivity contribution in [3.05, 3.63) is 28.7 Å². The summed E-state index contributed by atoms with van der Waals surface area (Å²) in [6.07, 6.45) is 4.26. The van der Waals surface area contributed by atoms with Gasteiger partial charge in [0.25, 0.3) is 5.91 Å². The summed E-state index contributed by atoms with van der Waals surface area (Å²) in [4.78, 5) is 27.6. The first-order valence-corrected chi connectivity index (χ1v) is 7.16. The summed E-state index contributed by atoms with van der Waals surface area (Å²) in [6, 6.07) is 0. The Morgan fingerprint density at radius 3 is 2.71 bits per heavy atom. The average Bonchev–Trinajstić information content (AvgIpc) is 2.94. The van der Waals surface area contributed by atoms with Gasteiger partial charge in [0, 0.05) is 39.3 Å². The smallest absolute Gasteiger partial charge is 0.253 e. The number of Topliss-reactive ketones (excluding diaryl/α,β-unsaturated/α-hetero) is 1. The van der Waals surface area contributed by atoms with Crippen molar-refractivity contribution in [1.29, 1.82) is 0 Å². The lowest BCUT2D eigenvalue weighted by molar-refractivity contribution is 0.100. The summed E-state index contributed by atoms with van der Waals surface area (Å²) in [6.45, 7) is 1.97. The molecule has 0 atom stereocenters. The molecule has 0 bridgehead atoms. The quantitative estimate of drug-likeness (QED) is 0.689. The number of nitrogen functional groups attached to an aromatic ring is 1. The Morgan fingerprint density at radius 2 is 2.19 bits per heavy atom. The van der Waals surface area contributed by atoms with Crippen LogP contribution in [0, 0.1) is 0 Å². The number of anilines is 2. The molecule has 21 heavy (non-hydrogen) atoms. The molecule has 2 heterocycles. The number of aryl methyl sites for hydroxylation is 1. The molecule has 2 rings (SSSR count). The maximum atomic E-state index is 11.5. The molecule has 0 saturated heterocycles. The van der Waals surface area contributed by atoms with Gasteiger partial charge < -0.3 is 21.4 Å². The number of imidazole rings is 1. The minimum Gasteiger partial charge on any atom is -0.397 e. The number of ketones is 1. The topological polar surface area (TPSA) is 116 Å². The van der Waals surface area contributed by atoms with E-state index in [1.165, 1.54) is 6.92 Å². The van der Waals surface area contributed by atoms with Gasteiger partial charge in [0.15, 0.2) is 5.78 Å². The van der Waals surface area contributed by atoms with E-state index in [2.05, 4.69) is 10.3 Å². The number of nitrogens with two attached hydrogens (primary N) is 2. The predicted octanol–water partition coefficient (Wildman–Crippen LogP) is 1.02. The number of nitrogens with zero attached hydrogens (tertiary/aromatic N) is 2. The second kappa shape index (κ2) is 5.96. The summed E-state index contributed by atoms with van der Waals surface area (Å²) in [5.74, 6) is 0.0901. The highest BCUT2D eigenvalue weighted by Gasteiger charge is 2.22. The second-order valence-corrected chi connectivity index (χ2v) is 5.62. The van der Waals surface area contributed by atoms with Gasteiger partial charge in [0.1, 0.15) is 10.8 Å². The van der Waals surface area contributed by atoms with E-state index in [0.717, 1.165) is 17.2 Å². The molecule has 0 aliphatic heterocycles. The number of aromatic nitrogens is 2. The van der Waals surface area contributed by atoms with Gasteiger partial charge in [-0.3, -0.25) is 9.59 Å². The number of carbonyl (C=O) groups excluding carboxylic acids is 2. The molecule has 0 saturated carbocycles. The molecule has 0 aliphatic carbocycles. The van der Waals surface area contributed by atoms with Crippen molar-refractivity contribution < 1.29 is 9.59 Å². The Morgan fingerprint density at radius 1 is 1.48 bits per heavy atom. The molecule has 1 amide bonds. The number of rotatable bonds is 6. The van der Waals surface area contributed by atoms with E-state index < -0.39 is 5.91 Å². The molecule has 0 aliphatic rings. The van der Waals surface area contributed by atoms with Gasteiger partial charge in [-0.05, 0) is 0 Å². The van der Waals surface area contributed by atoms with E-state index in [-0.39, 0.29) is 17.0 Å². The highest BCUT2D eigenvalue weighted by atomic mass is 32.1. The number of nitrogens with one attached hydrogen (secondary N) is 1. The summed E-state index contributed by atoms with van der Waals surface area (Å²) < 4.78 is 1.92. The number of hydrogen-bond acceptors (Lipinski definition) is 6. The molecule has 5 N–H and O–H groups in total. The minimum atomic E-state index is -0.643. The second-order valence-electron chi connectivity index (χ2n) is 4.60. The van der Waals surface area contributed by atoms with Crippen molar-refractivity contribution in [3.63, 3.8) is 0 Å². The maximum Gasteiger partial charge on any atom is 0.253 e. The van der Waals surface area contributed by atoms with E-state index in [1.807, 2.05) is 17.8 Å². The van der Waals surface area contributed by atoms with Crippen molar-refractivity contribution >= 4 is 33.7 Å². The van der Waals surface area contributed by atoms with Gasteiger partial charge >= 0.3 is 0 Å². The Bertz CT molecular complexity index is 689. The van der Waals surface area contributed by atoms with Crippen LogP contribution in [0.3, 0.4) is 0 Å². The zero-order valence-corrected chi connectivity index (χ0v) is 12.7. The molecule has 0 aromatic carbocycles. The Kier molecular flexibility index (Phi) is 4.27. The van der Waals surface area contributed by atoms with E-state index in [0.29, 0.717) is 22.8 Å². The molecule has 0 spiro atoms. The fourth-order valence-electron chi connectivity index (χ4n) is 2.00. The molecule has 0 radical (unpaired) electrons. The van der Waals surface area contributed by atoms with Crippen LogP contribution in [-0.4, -0.2) is 27.8 Å². The predicted molar refractivity (Wildman–Crippen MR) is 82.7 cm³/mol. The van der Waals surface area contributed by atoms with Crippen molar-refractivity contribution in [3.8, 4) is 0 Å². The maximum absolute atomic E-state index is 11.5. The molecule has 8 heteroatoms. The van der Waals surface area contributed by atoms with E-state index >= 15 is 0 Å². The van der Waals surface area contributed by atoms with Crippen LogP contribution in [0.2, 0.25) is 0 Å². The lowest BCUT2D eigenvalue weighted by Crippen LogP contribution is -2.16. The number of hydrogen-bond donors (Lipinski definition) is 3. The van der Waals surface area contributed by atoms with Gasteiger partial charge in [-0.25, -0.2) is 4.98 Å². The zero-order valence-electron chi connectivity index (χ0n) is 11.8. The van der Waals surface area contributed by atoms with Crippen LogP contribution in [-0.2, 0) is 13.5 Å². The van der Waals surface area contributed by atoms with Crippen LogP contribution >= 0.6 is 11.3 Å². The lowest BCUT2D eigenvalue weighted by atomic mass is 10.2. The van der Waals surface area contributed by atoms with Gasteiger partial charge in [0.05, 0.1) is 16.1 Å². The molecule has 7 nitrogen and oxygen atoms in total. The van der Waals surface area contributed by atoms with Gasteiger partial charge in [-0.2, -0.15) is 0 Å². The third-order valence-corrected chi connectivity index (χ3v) is 4.33. The Balaban J connectivity index is 2.16. The van der Waals surface area contributed by atoms with Crippen molar-refractivity contribution in [2.75, 3.05) is 17.6 Å². The highest BCUT2D eigenvalue weighted by Crippen LogP contribution is 2.35. The largest absolute Gasteiger partial charge is 0.397 e. The summed E-state index contributed by atoms with van der Waals surface area (Å²) >= 11 is 1.15. The fraction of sp³-hybridized carbons (Fsp3) is 0.308. The van der Waals surface area contributed by atoms with Crippen LogP contribution in [0.5, 0.6) is 0 Å². The standard InChI is InChI=1S/C13H17N5O2S/c1-7(19)11-10(14)9(12(15)20)13(21-11)17-4-3-8-16-5-6-18(8)2/h5-6,17H,3-4,14H2,1-2H3,(H2,15,20). The summed E-state index contributed by atoms with van der Waals surface area (Å²) in [5, 5.41) is 3.64. The number of carbonyl (C=O) groups is 2. The molecule has 0 unspecified atom stereocenters. The van der Waals surface area contributed by atoms with Gasteiger partial charge in [-0.15, -0.1) is 11.3 Å². The van der Waals surface area contributed by atoms with Crippen LogP contribution in [0.1, 0.15) is 32.8 Å². The summed E-state index contributed by atoms with van der Waals surface area (Å²) in [5.41, 5.74) is 11.5. The lowest BCUT2D eigenvalue weighted by Gasteiger charge is -2.06. The van der Waals surface area contributed by atoms with Crippen LogP contribution in [0.25, 0.3) is 0 Å². The summed E-state index contributed by atoms with van der Waals surface area (Å²) in [7, 11) is 1.91. The zero-order chi connectivity index (χ0) is 15.6. The molecule has 112 valence electrons. The monoisotopic (exact) mass is 307 g/mol. The van der Waals surface area contributed by atoms with Crippen LogP contribution < -0.4 is 16.8 Å². The average molecular weight is 307 g/mol. The first-order valence-electron chi connectivity index (χ1n) is 6.35. The molecular weight excluding hydrogens is 290 g/mol. The van der Waals surface area contributed by atoms with E-state index in [9.17, 15) is 9.59 Å². The Hall–Kier alpha value is -2.35. The number of amides is 1. The third kappa shape index (κ3) is 3.05. The van der Waals surface area contributed by atoms with Crippen LogP contribution in [0.15, 0.2) is 12.4 Å². The van der Waals surface area contributed by atoms with Gasteiger partial charge in [-0.1, -0.05) is 0 Å². The first kappa shape index (κ1) is 15.0. The molecule has 2 aromatic heterocycles. The molecule has 2 aromatic rings. The van der Waals surface area contributed by atoms with Crippen LogP contribution in [0.4, 0.5) is 10.7 Å². The first-order chi connectivity index (χ1) is 9.91. The number of primary amides is 1. The SMILES string of the molecule is CC(=O)c1sc(NCCc2nccn2C)c(C(N)=O)c1N. The van der Waals surface area contributed by atoms with Crippen molar-refractivity contribution in [1.82, 2.24) is 9.55 Å². The van der Waals surface area contributed by atoms with Gasteiger partial charge in [0.2, 0.25) is 0 Å². The van der Waals surface area contributed by atoms with Crippen molar-refractivity contribution in [2.24, 2.45) is 12.8 Å². The fourth-order valence-corrected chi connectivity index (χ4v) is 3.05. The van der Waals surface area contributed by atoms with E-state index in [1.54, 1.807) is 6.20 Å². The minimum absolute atomic E-state index is 0.152.